The van der Waals surface area contributed by atoms with Crippen molar-refractivity contribution in [2.24, 2.45) is 0 Å². The molecule has 0 unspecified atom stereocenters. The van der Waals surface area contributed by atoms with Crippen LogP contribution in [-0.4, -0.2) is 12.4 Å². The van der Waals surface area contributed by atoms with E-state index in [9.17, 15) is 4.79 Å². The Labute approximate surface area is 130 Å². The van der Waals surface area contributed by atoms with Crippen LogP contribution in [0.4, 0.5) is 0 Å². The first-order valence-corrected chi connectivity index (χ1v) is 7.44. The molecule has 22 heavy (non-hydrogen) atoms. The fourth-order valence-corrected chi connectivity index (χ4v) is 2.46. The van der Waals surface area contributed by atoms with Crippen LogP contribution in [-0.2, 0) is 4.74 Å². The molecule has 0 spiro atoms. The molecule has 0 radical (unpaired) electrons. The Balaban J connectivity index is 1.84. The number of hydrogen-bond acceptors (Lipinski definition) is 2. The monoisotopic (exact) mass is 290 g/mol. The van der Waals surface area contributed by atoms with Crippen LogP contribution in [0.1, 0.15) is 27.9 Å². The molecular formula is C20H18O2. The Morgan fingerprint density at radius 3 is 2.45 bits per heavy atom. The average molecular weight is 290 g/mol. The molecule has 0 bridgehead atoms. The van der Waals surface area contributed by atoms with Crippen molar-refractivity contribution in [1.82, 2.24) is 0 Å². The third-order valence-electron chi connectivity index (χ3n) is 3.72. The number of Topliss-reactive ketones (excluding diaryl/α,β-unsaturated/α-hetero) is 1. The predicted octanol–water partition coefficient (Wildman–Crippen LogP) is 4.57. The van der Waals surface area contributed by atoms with E-state index in [1.54, 1.807) is 0 Å². The minimum Gasteiger partial charge on any atom is -0.493 e. The summed E-state index contributed by atoms with van der Waals surface area (Å²) in [6.45, 7) is 2.63. The van der Waals surface area contributed by atoms with Gasteiger partial charge in [-0.15, -0.1) is 0 Å². The molecule has 0 fully saturated rings. The van der Waals surface area contributed by atoms with Gasteiger partial charge in [-0.05, 0) is 18.6 Å². The van der Waals surface area contributed by atoms with Crippen molar-refractivity contribution in [3.05, 3.63) is 88.7 Å². The summed E-state index contributed by atoms with van der Waals surface area (Å²) in [5.41, 5.74) is 3.80. The number of hydrogen-bond donors (Lipinski definition) is 0. The van der Waals surface area contributed by atoms with Crippen molar-refractivity contribution in [3.8, 4) is 0 Å². The third-order valence-corrected chi connectivity index (χ3v) is 3.72. The van der Waals surface area contributed by atoms with Crippen molar-refractivity contribution < 1.29 is 9.53 Å². The average Bonchev–Trinajstić information content (AvgIpc) is 3.03. The van der Waals surface area contributed by atoms with Crippen LogP contribution in [0.2, 0.25) is 0 Å². The number of aryl methyl sites for hydroxylation is 1. The lowest BCUT2D eigenvalue weighted by atomic mass is 10.0. The van der Waals surface area contributed by atoms with Gasteiger partial charge in [0.15, 0.2) is 5.78 Å². The van der Waals surface area contributed by atoms with E-state index in [4.69, 9.17) is 4.74 Å². The van der Waals surface area contributed by atoms with Gasteiger partial charge in [0.2, 0.25) is 0 Å². The highest BCUT2D eigenvalue weighted by atomic mass is 16.5. The second kappa shape index (κ2) is 6.44. The molecule has 2 heteroatoms. The van der Waals surface area contributed by atoms with Crippen LogP contribution < -0.4 is 0 Å². The van der Waals surface area contributed by atoms with Gasteiger partial charge in [0, 0.05) is 17.6 Å². The van der Waals surface area contributed by atoms with E-state index in [2.05, 4.69) is 31.2 Å². The van der Waals surface area contributed by atoms with E-state index in [1.165, 1.54) is 5.56 Å². The summed E-state index contributed by atoms with van der Waals surface area (Å²) in [6, 6.07) is 17.6. The van der Waals surface area contributed by atoms with Crippen LogP contribution in [0.25, 0.3) is 6.08 Å². The van der Waals surface area contributed by atoms with Gasteiger partial charge in [-0.3, -0.25) is 4.79 Å². The van der Waals surface area contributed by atoms with Crippen LogP contribution in [0.15, 0.2) is 72.0 Å². The van der Waals surface area contributed by atoms with Gasteiger partial charge in [0.1, 0.15) is 5.76 Å². The summed E-state index contributed by atoms with van der Waals surface area (Å²) in [4.78, 5) is 12.5. The van der Waals surface area contributed by atoms with Crippen LogP contribution in [0, 0.1) is 6.92 Å². The first-order chi connectivity index (χ1) is 10.7. The fraction of sp³-hybridized carbons (Fsp3) is 0.150. The van der Waals surface area contributed by atoms with Gasteiger partial charge in [-0.1, -0.05) is 66.2 Å². The van der Waals surface area contributed by atoms with E-state index in [1.807, 2.05) is 42.5 Å². The van der Waals surface area contributed by atoms with E-state index >= 15 is 0 Å². The first-order valence-electron chi connectivity index (χ1n) is 7.44. The van der Waals surface area contributed by atoms with Crippen molar-refractivity contribution in [3.63, 3.8) is 0 Å². The number of allylic oxidation sites excluding steroid dienone is 1. The van der Waals surface area contributed by atoms with Gasteiger partial charge in [-0.2, -0.15) is 0 Å². The molecule has 0 aromatic heterocycles. The SMILES string of the molecule is Cc1ccc(/C=C/C2=C(C(=O)c3ccccc3)CCO2)cc1. The maximum absolute atomic E-state index is 12.5. The Hall–Kier alpha value is -2.61. The van der Waals surface area contributed by atoms with Gasteiger partial charge < -0.3 is 4.74 Å². The molecule has 2 aromatic carbocycles. The minimum absolute atomic E-state index is 0.0571. The number of ketones is 1. The van der Waals surface area contributed by atoms with Crippen molar-refractivity contribution in [1.29, 1.82) is 0 Å². The highest BCUT2D eigenvalue weighted by Gasteiger charge is 2.21. The largest absolute Gasteiger partial charge is 0.493 e. The fourth-order valence-electron chi connectivity index (χ4n) is 2.46. The Morgan fingerprint density at radius 2 is 1.73 bits per heavy atom. The second-order valence-corrected chi connectivity index (χ2v) is 5.38. The van der Waals surface area contributed by atoms with E-state index in [0.717, 1.165) is 11.1 Å². The molecule has 1 aliphatic rings. The summed E-state index contributed by atoms with van der Waals surface area (Å²) in [7, 11) is 0. The molecular weight excluding hydrogens is 272 g/mol. The zero-order valence-electron chi connectivity index (χ0n) is 12.6. The quantitative estimate of drug-likeness (QED) is 0.771. The van der Waals surface area contributed by atoms with Gasteiger partial charge >= 0.3 is 0 Å². The topological polar surface area (TPSA) is 26.3 Å². The number of carbonyl (C=O) groups excluding carboxylic acids is 1. The smallest absolute Gasteiger partial charge is 0.192 e. The normalized spacial score (nSPS) is 14.4. The minimum atomic E-state index is 0.0571. The van der Waals surface area contributed by atoms with Crippen LogP contribution >= 0.6 is 0 Å². The summed E-state index contributed by atoms with van der Waals surface area (Å²) < 4.78 is 5.63. The summed E-state index contributed by atoms with van der Waals surface area (Å²) >= 11 is 0. The Bertz CT molecular complexity index is 722. The summed E-state index contributed by atoms with van der Waals surface area (Å²) in [5.74, 6) is 0.746. The molecule has 0 amide bonds. The number of rotatable bonds is 4. The molecule has 110 valence electrons. The lowest BCUT2D eigenvalue weighted by molar-refractivity contribution is 0.103. The zero-order valence-corrected chi connectivity index (χ0v) is 12.6. The third kappa shape index (κ3) is 3.17. The standard InChI is InChI=1S/C20H18O2/c1-15-7-9-16(10-8-15)11-12-19-18(13-14-22-19)20(21)17-5-3-2-4-6-17/h2-12H,13-14H2,1H3/b12-11+. The Morgan fingerprint density at radius 1 is 1.00 bits per heavy atom. The van der Waals surface area contributed by atoms with Crippen molar-refractivity contribution >= 4 is 11.9 Å². The van der Waals surface area contributed by atoms with Gasteiger partial charge in [0.25, 0.3) is 0 Å². The van der Waals surface area contributed by atoms with Crippen molar-refractivity contribution in [2.45, 2.75) is 13.3 Å². The number of ether oxygens (including phenoxy) is 1. The molecule has 0 N–H and O–H groups in total. The van der Waals surface area contributed by atoms with Crippen LogP contribution in [0.5, 0.6) is 0 Å². The van der Waals surface area contributed by atoms with Gasteiger partial charge in [-0.25, -0.2) is 0 Å². The Kier molecular flexibility index (Phi) is 4.19. The predicted molar refractivity (Wildman–Crippen MR) is 88.6 cm³/mol. The maximum atomic E-state index is 12.5. The summed E-state index contributed by atoms with van der Waals surface area (Å²) in [5, 5.41) is 0. The lowest BCUT2D eigenvalue weighted by Crippen LogP contribution is -2.02. The molecule has 3 rings (SSSR count). The molecule has 0 saturated heterocycles. The molecule has 0 atom stereocenters. The highest BCUT2D eigenvalue weighted by molar-refractivity contribution is 6.09. The molecule has 1 aliphatic heterocycles. The molecule has 0 aliphatic carbocycles. The molecule has 0 saturated carbocycles. The first kappa shape index (κ1) is 14.3. The van der Waals surface area contributed by atoms with E-state index in [0.29, 0.717) is 24.4 Å². The highest BCUT2D eigenvalue weighted by Crippen LogP contribution is 2.24. The molecule has 2 nitrogen and oxygen atoms in total. The maximum Gasteiger partial charge on any atom is 0.192 e. The van der Waals surface area contributed by atoms with E-state index < -0.39 is 0 Å². The zero-order chi connectivity index (χ0) is 15.4. The van der Waals surface area contributed by atoms with Gasteiger partial charge in [0.05, 0.1) is 6.61 Å². The second-order valence-electron chi connectivity index (χ2n) is 5.38. The summed E-state index contributed by atoms with van der Waals surface area (Å²) in [6.07, 6.45) is 4.55. The molecule has 2 aromatic rings. The molecule has 1 heterocycles. The lowest BCUT2D eigenvalue weighted by Gasteiger charge is -2.02. The van der Waals surface area contributed by atoms with E-state index in [-0.39, 0.29) is 5.78 Å². The van der Waals surface area contributed by atoms with Crippen LogP contribution in [0.3, 0.4) is 0 Å². The number of benzene rings is 2. The van der Waals surface area contributed by atoms with Crippen molar-refractivity contribution in [2.75, 3.05) is 6.61 Å². The number of carbonyl (C=O) groups is 1.